The van der Waals surface area contributed by atoms with E-state index in [1.165, 1.54) is 0 Å². The topological polar surface area (TPSA) is 21.3 Å². The molecule has 1 unspecified atom stereocenters. The molecule has 17 heavy (non-hydrogen) atoms. The molecule has 92 valence electrons. The average molecular weight is 296 g/mol. The van der Waals surface area contributed by atoms with Crippen LogP contribution in [-0.4, -0.2) is 13.7 Å². The van der Waals surface area contributed by atoms with Gasteiger partial charge in [0.2, 0.25) is 0 Å². The van der Waals surface area contributed by atoms with Crippen molar-refractivity contribution in [3.05, 3.63) is 28.2 Å². The Labute approximate surface area is 112 Å². The summed E-state index contributed by atoms with van der Waals surface area (Å²) < 4.78 is 6.43. The first kappa shape index (κ1) is 14.1. The van der Waals surface area contributed by atoms with Gasteiger partial charge in [-0.1, -0.05) is 28.9 Å². The van der Waals surface area contributed by atoms with E-state index in [-0.39, 0.29) is 6.04 Å². The standard InChI is InChI=1S/C14H18BrNO/c1-4-6-7-13(16-5-2)12-9-8-11(15)10-14(12)17-3/h1,8-10,13,16H,5-7H2,2-3H3. The monoisotopic (exact) mass is 295 g/mol. The smallest absolute Gasteiger partial charge is 0.124 e. The second-order valence-electron chi connectivity index (χ2n) is 3.74. The molecule has 0 spiro atoms. The number of terminal acetylenes is 1. The molecule has 0 saturated heterocycles. The van der Waals surface area contributed by atoms with Crippen molar-refractivity contribution in [2.45, 2.75) is 25.8 Å². The van der Waals surface area contributed by atoms with E-state index in [0.29, 0.717) is 0 Å². The van der Waals surface area contributed by atoms with Crippen molar-refractivity contribution in [1.82, 2.24) is 5.32 Å². The Balaban J connectivity index is 2.96. The van der Waals surface area contributed by atoms with Gasteiger partial charge in [-0.15, -0.1) is 12.3 Å². The molecule has 0 radical (unpaired) electrons. The van der Waals surface area contributed by atoms with Crippen LogP contribution in [0.25, 0.3) is 0 Å². The van der Waals surface area contributed by atoms with Gasteiger partial charge in [0, 0.05) is 22.5 Å². The van der Waals surface area contributed by atoms with E-state index in [1.807, 2.05) is 12.1 Å². The van der Waals surface area contributed by atoms with Crippen molar-refractivity contribution in [3.63, 3.8) is 0 Å². The minimum Gasteiger partial charge on any atom is -0.496 e. The lowest BCUT2D eigenvalue weighted by Gasteiger charge is -2.20. The van der Waals surface area contributed by atoms with Gasteiger partial charge < -0.3 is 10.1 Å². The Morgan fingerprint density at radius 1 is 1.53 bits per heavy atom. The highest BCUT2D eigenvalue weighted by Gasteiger charge is 2.14. The minimum atomic E-state index is 0.249. The average Bonchev–Trinajstić information content (AvgIpc) is 2.34. The molecule has 0 aliphatic rings. The quantitative estimate of drug-likeness (QED) is 0.811. The Morgan fingerprint density at radius 3 is 2.88 bits per heavy atom. The predicted molar refractivity (Wildman–Crippen MR) is 75.2 cm³/mol. The number of rotatable bonds is 6. The Morgan fingerprint density at radius 2 is 2.29 bits per heavy atom. The van der Waals surface area contributed by atoms with Gasteiger partial charge in [-0.2, -0.15) is 0 Å². The molecule has 0 aromatic heterocycles. The zero-order chi connectivity index (χ0) is 12.7. The summed E-state index contributed by atoms with van der Waals surface area (Å²) >= 11 is 3.45. The van der Waals surface area contributed by atoms with Crippen LogP contribution in [-0.2, 0) is 0 Å². The van der Waals surface area contributed by atoms with Crippen LogP contribution in [0.4, 0.5) is 0 Å². The molecule has 1 atom stereocenters. The third-order valence-electron chi connectivity index (χ3n) is 2.60. The summed E-state index contributed by atoms with van der Waals surface area (Å²) in [5, 5.41) is 3.44. The van der Waals surface area contributed by atoms with Crippen LogP contribution in [0, 0.1) is 12.3 Å². The lowest BCUT2D eigenvalue weighted by molar-refractivity contribution is 0.396. The van der Waals surface area contributed by atoms with E-state index in [0.717, 1.165) is 35.2 Å². The number of hydrogen-bond donors (Lipinski definition) is 1. The normalized spacial score (nSPS) is 11.9. The van der Waals surface area contributed by atoms with E-state index in [9.17, 15) is 0 Å². The summed E-state index contributed by atoms with van der Waals surface area (Å²) in [7, 11) is 1.69. The summed E-state index contributed by atoms with van der Waals surface area (Å²) in [6.07, 6.45) is 7.01. The number of benzene rings is 1. The van der Waals surface area contributed by atoms with Crippen LogP contribution in [0.15, 0.2) is 22.7 Å². The van der Waals surface area contributed by atoms with Crippen molar-refractivity contribution in [2.24, 2.45) is 0 Å². The maximum absolute atomic E-state index is 5.41. The highest BCUT2D eigenvalue weighted by molar-refractivity contribution is 9.10. The molecule has 1 aromatic rings. The van der Waals surface area contributed by atoms with Crippen LogP contribution >= 0.6 is 15.9 Å². The van der Waals surface area contributed by atoms with Crippen LogP contribution in [0.1, 0.15) is 31.4 Å². The molecule has 2 nitrogen and oxygen atoms in total. The number of nitrogens with one attached hydrogen (secondary N) is 1. The van der Waals surface area contributed by atoms with Gasteiger partial charge in [-0.3, -0.25) is 0 Å². The van der Waals surface area contributed by atoms with E-state index >= 15 is 0 Å². The summed E-state index contributed by atoms with van der Waals surface area (Å²) in [5.41, 5.74) is 1.16. The minimum absolute atomic E-state index is 0.249. The summed E-state index contributed by atoms with van der Waals surface area (Å²) in [6.45, 7) is 3.00. The highest BCUT2D eigenvalue weighted by Crippen LogP contribution is 2.30. The van der Waals surface area contributed by atoms with E-state index in [4.69, 9.17) is 11.2 Å². The lowest BCUT2D eigenvalue weighted by Crippen LogP contribution is -2.21. The molecule has 0 saturated carbocycles. The van der Waals surface area contributed by atoms with E-state index in [2.05, 4.69) is 40.2 Å². The van der Waals surface area contributed by atoms with Crippen molar-refractivity contribution >= 4 is 15.9 Å². The zero-order valence-corrected chi connectivity index (χ0v) is 11.9. The molecule has 1 aromatic carbocycles. The van der Waals surface area contributed by atoms with Crippen LogP contribution in [0.2, 0.25) is 0 Å². The van der Waals surface area contributed by atoms with Crippen LogP contribution in [0.3, 0.4) is 0 Å². The van der Waals surface area contributed by atoms with Gasteiger partial charge in [0.1, 0.15) is 5.75 Å². The van der Waals surface area contributed by atoms with Crippen molar-refractivity contribution in [1.29, 1.82) is 0 Å². The largest absolute Gasteiger partial charge is 0.496 e. The fraction of sp³-hybridized carbons (Fsp3) is 0.429. The summed E-state index contributed by atoms with van der Waals surface area (Å²) in [4.78, 5) is 0. The maximum atomic E-state index is 5.41. The number of methoxy groups -OCH3 is 1. The fourth-order valence-corrected chi connectivity index (χ4v) is 2.15. The number of hydrogen-bond acceptors (Lipinski definition) is 2. The van der Waals surface area contributed by atoms with Crippen molar-refractivity contribution in [3.8, 4) is 18.1 Å². The fourth-order valence-electron chi connectivity index (χ4n) is 1.81. The molecule has 0 heterocycles. The molecule has 3 heteroatoms. The Bertz CT molecular complexity index is 398. The summed E-state index contributed by atoms with van der Waals surface area (Å²) in [6, 6.07) is 6.33. The molecule has 0 bridgehead atoms. The molecule has 0 fully saturated rings. The van der Waals surface area contributed by atoms with E-state index in [1.54, 1.807) is 7.11 Å². The first-order valence-corrected chi connectivity index (χ1v) is 6.52. The van der Waals surface area contributed by atoms with Crippen LogP contribution < -0.4 is 10.1 Å². The third kappa shape index (κ3) is 4.07. The summed E-state index contributed by atoms with van der Waals surface area (Å²) in [5.74, 6) is 3.58. The molecular weight excluding hydrogens is 278 g/mol. The lowest BCUT2D eigenvalue weighted by atomic mass is 10.0. The molecular formula is C14H18BrNO. The van der Waals surface area contributed by atoms with Gasteiger partial charge in [0.15, 0.2) is 0 Å². The second-order valence-corrected chi connectivity index (χ2v) is 4.66. The SMILES string of the molecule is C#CCCC(NCC)c1ccc(Br)cc1OC. The molecule has 1 rings (SSSR count). The van der Waals surface area contributed by atoms with Crippen molar-refractivity contribution in [2.75, 3.05) is 13.7 Å². The van der Waals surface area contributed by atoms with Crippen molar-refractivity contribution < 1.29 is 4.74 Å². The first-order chi connectivity index (χ1) is 8.22. The first-order valence-electron chi connectivity index (χ1n) is 5.73. The number of halogens is 1. The Hall–Kier alpha value is -0.980. The molecule has 1 N–H and O–H groups in total. The van der Waals surface area contributed by atoms with E-state index < -0.39 is 0 Å². The van der Waals surface area contributed by atoms with Gasteiger partial charge in [-0.05, 0) is 25.1 Å². The number of ether oxygens (including phenoxy) is 1. The molecule has 0 amide bonds. The highest BCUT2D eigenvalue weighted by atomic mass is 79.9. The second kappa shape index (κ2) is 7.37. The van der Waals surface area contributed by atoms with Gasteiger partial charge in [0.05, 0.1) is 7.11 Å². The van der Waals surface area contributed by atoms with Gasteiger partial charge >= 0.3 is 0 Å². The predicted octanol–water partition coefficient (Wildman–Crippen LogP) is 3.52. The Kier molecular flexibility index (Phi) is 6.10. The zero-order valence-electron chi connectivity index (χ0n) is 10.3. The van der Waals surface area contributed by atoms with Gasteiger partial charge in [-0.25, -0.2) is 0 Å². The third-order valence-corrected chi connectivity index (χ3v) is 3.09. The van der Waals surface area contributed by atoms with Gasteiger partial charge in [0.25, 0.3) is 0 Å². The van der Waals surface area contributed by atoms with Crippen LogP contribution in [0.5, 0.6) is 5.75 Å². The maximum Gasteiger partial charge on any atom is 0.124 e. The molecule has 0 aliphatic heterocycles. The molecule has 0 aliphatic carbocycles.